The van der Waals surface area contributed by atoms with Crippen molar-refractivity contribution < 1.29 is 9.32 Å². The zero-order chi connectivity index (χ0) is 14.5. The second-order valence-electron chi connectivity index (χ2n) is 4.32. The quantitative estimate of drug-likeness (QED) is 0.764. The molecular weight excluding hydrogens is 270 g/mol. The molecule has 0 fully saturated rings. The fourth-order valence-corrected chi connectivity index (χ4v) is 1.84. The molecule has 0 aliphatic carbocycles. The lowest BCUT2D eigenvalue weighted by molar-refractivity contribution is 0.0942. The van der Waals surface area contributed by atoms with Gasteiger partial charge in [-0.2, -0.15) is 15.0 Å². The maximum absolute atomic E-state index is 11.9. The van der Waals surface area contributed by atoms with Crippen LogP contribution in [0.5, 0.6) is 0 Å². The average Bonchev–Trinajstić information content (AvgIpc) is 3.20. The number of nitrogens with one attached hydrogen (secondary N) is 1. The van der Waals surface area contributed by atoms with E-state index in [1.165, 1.54) is 4.80 Å². The summed E-state index contributed by atoms with van der Waals surface area (Å²) in [5.74, 6) is 0.280. The molecule has 0 aliphatic rings. The highest BCUT2D eigenvalue weighted by molar-refractivity contribution is 5.93. The molecule has 0 unspecified atom stereocenters. The third kappa shape index (κ3) is 3.14. The van der Waals surface area contributed by atoms with Crippen LogP contribution in [0.2, 0.25) is 0 Å². The van der Waals surface area contributed by atoms with Crippen molar-refractivity contribution in [1.29, 1.82) is 0 Å². The SMILES string of the molecule is O=C(NCCn1nccn1)c1cc(-c2ccccc2)on1. The molecule has 3 aromatic rings. The lowest BCUT2D eigenvalue weighted by Gasteiger charge is -2.01. The fraction of sp³-hybridized carbons (Fsp3) is 0.143. The minimum Gasteiger partial charge on any atom is -0.355 e. The first-order valence-corrected chi connectivity index (χ1v) is 6.47. The standard InChI is InChI=1S/C14H13N5O2/c20-14(15-8-9-19-16-6-7-17-19)12-10-13(21-18-12)11-4-2-1-3-5-11/h1-7,10H,8-9H2,(H,15,20). The second-order valence-corrected chi connectivity index (χ2v) is 4.32. The summed E-state index contributed by atoms with van der Waals surface area (Å²) in [6.07, 6.45) is 3.18. The van der Waals surface area contributed by atoms with E-state index < -0.39 is 0 Å². The van der Waals surface area contributed by atoms with E-state index in [9.17, 15) is 4.79 Å². The Morgan fingerprint density at radius 3 is 2.71 bits per heavy atom. The van der Waals surface area contributed by atoms with Gasteiger partial charge in [-0.05, 0) is 0 Å². The van der Waals surface area contributed by atoms with E-state index in [2.05, 4.69) is 20.7 Å². The van der Waals surface area contributed by atoms with E-state index in [-0.39, 0.29) is 11.6 Å². The highest BCUT2D eigenvalue weighted by Crippen LogP contribution is 2.19. The van der Waals surface area contributed by atoms with Gasteiger partial charge in [-0.1, -0.05) is 35.5 Å². The lowest BCUT2D eigenvalue weighted by atomic mass is 10.1. The average molecular weight is 283 g/mol. The van der Waals surface area contributed by atoms with Crippen LogP contribution in [0.3, 0.4) is 0 Å². The Kier molecular flexibility index (Phi) is 3.72. The Morgan fingerprint density at radius 1 is 1.19 bits per heavy atom. The molecule has 0 aliphatic heterocycles. The van der Waals surface area contributed by atoms with E-state index in [4.69, 9.17) is 4.52 Å². The van der Waals surface area contributed by atoms with E-state index >= 15 is 0 Å². The second kappa shape index (κ2) is 6.00. The van der Waals surface area contributed by atoms with Gasteiger partial charge in [0.25, 0.3) is 5.91 Å². The molecule has 0 spiro atoms. The van der Waals surface area contributed by atoms with Crippen molar-refractivity contribution in [2.75, 3.05) is 6.54 Å². The van der Waals surface area contributed by atoms with Crippen molar-refractivity contribution in [3.05, 3.63) is 54.5 Å². The first kappa shape index (κ1) is 13.0. The van der Waals surface area contributed by atoms with Crippen LogP contribution in [0.25, 0.3) is 11.3 Å². The summed E-state index contributed by atoms with van der Waals surface area (Å²) in [6, 6.07) is 11.1. The van der Waals surface area contributed by atoms with Gasteiger partial charge >= 0.3 is 0 Å². The van der Waals surface area contributed by atoms with Crippen molar-refractivity contribution in [3.8, 4) is 11.3 Å². The van der Waals surface area contributed by atoms with E-state index in [0.29, 0.717) is 18.8 Å². The molecular formula is C14H13N5O2. The third-order valence-corrected chi connectivity index (χ3v) is 2.87. The Hall–Kier alpha value is -2.96. The molecule has 1 amide bonds. The number of hydrogen-bond donors (Lipinski definition) is 1. The molecule has 21 heavy (non-hydrogen) atoms. The number of carbonyl (C=O) groups is 1. The zero-order valence-electron chi connectivity index (χ0n) is 11.1. The van der Waals surface area contributed by atoms with Crippen LogP contribution >= 0.6 is 0 Å². The summed E-state index contributed by atoms with van der Waals surface area (Å²) in [7, 11) is 0. The van der Waals surface area contributed by atoms with E-state index in [1.807, 2.05) is 30.3 Å². The summed E-state index contributed by atoms with van der Waals surface area (Å²) < 4.78 is 5.18. The molecule has 1 aromatic carbocycles. The van der Waals surface area contributed by atoms with Crippen LogP contribution in [0.1, 0.15) is 10.5 Å². The summed E-state index contributed by atoms with van der Waals surface area (Å²) in [5, 5.41) is 14.4. The number of rotatable bonds is 5. The topological polar surface area (TPSA) is 85.8 Å². The van der Waals surface area contributed by atoms with Gasteiger partial charge in [0.15, 0.2) is 11.5 Å². The Balaban J connectivity index is 1.59. The van der Waals surface area contributed by atoms with Crippen LogP contribution in [0.15, 0.2) is 53.3 Å². The number of amides is 1. The molecule has 0 atom stereocenters. The van der Waals surface area contributed by atoms with Crippen LogP contribution in [-0.2, 0) is 6.54 Å². The lowest BCUT2D eigenvalue weighted by Crippen LogP contribution is -2.28. The number of aromatic nitrogens is 4. The normalized spacial score (nSPS) is 10.5. The molecule has 2 aromatic heterocycles. The number of carbonyl (C=O) groups excluding carboxylic acids is 1. The van der Waals surface area contributed by atoms with Crippen LogP contribution in [0.4, 0.5) is 0 Å². The minimum atomic E-state index is -0.284. The van der Waals surface area contributed by atoms with Gasteiger partial charge in [0.1, 0.15) is 0 Å². The smallest absolute Gasteiger partial charge is 0.273 e. The van der Waals surface area contributed by atoms with Crippen molar-refractivity contribution in [3.63, 3.8) is 0 Å². The van der Waals surface area contributed by atoms with Gasteiger partial charge in [0.2, 0.25) is 0 Å². The van der Waals surface area contributed by atoms with E-state index in [0.717, 1.165) is 5.56 Å². The summed E-state index contributed by atoms with van der Waals surface area (Å²) in [6.45, 7) is 0.920. The van der Waals surface area contributed by atoms with Crippen molar-refractivity contribution in [1.82, 2.24) is 25.5 Å². The van der Waals surface area contributed by atoms with Gasteiger partial charge < -0.3 is 9.84 Å². The maximum atomic E-state index is 11.9. The molecule has 0 bridgehead atoms. The molecule has 7 nitrogen and oxygen atoms in total. The first-order chi connectivity index (χ1) is 10.3. The largest absolute Gasteiger partial charge is 0.355 e. The molecule has 1 N–H and O–H groups in total. The maximum Gasteiger partial charge on any atom is 0.273 e. The summed E-state index contributed by atoms with van der Waals surface area (Å²) in [5.41, 5.74) is 1.13. The van der Waals surface area contributed by atoms with Crippen LogP contribution in [-0.4, -0.2) is 32.6 Å². The van der Waals surface area contributed by atoms with Crippen molar-refractivity contribution in [2.45, 2.75) is 6.54 Å². The Bertz CT molecular complexity index is 706. The zero-order valence-corrected chi connectivity index (χ0v) is 11.1. The highest BCUT2D eigenvalue weighted by Gasteiger charge is 2.13. The van der Waals surface area contributed by atoms with Gasteiger partial charge in [-0.25, -0.2) is 0 Å². The number of hydrogen-bond acceptors (Lipinski definition) is 5. The number of nitrogens with zero attached hydrogens (tertiary/aromatic N) is 4. The Labute approximate surface area is 120 Å². The monoisotopic (exact) mass is 283 g/mol. The molecule has 106 valence electrons. The molecule has 0 saturated heterocycles. The highest BCUT2D eigenvalue weighted by atomic mass is 16.5. The number of benzene rings is 1. The third-order valence-electron chi connectivity index (χ3n) is 2.87. The van der Waals surface area contributed by atoms with Crippen LogP contribution in [0, 0.1) is 0 Å². The molecule has 0 saturated carbocycles. The summed E-state index contributed by atoms with van der Waals surface area (Å²) in [4.78, 5) is 13.4. The molecule has 3 rings (SSSR count). The first-order valence-electron chi connectivity index (χ1n) is 6.47. The predicted molar refractivity (Wildman–Crippen MR) is 74.3 cm³/mol. The Morgan fingerprint density at radius 2 is 1.95 bits per heavy atom. The molecule has 0 radical (unpaired) electrons. The van der Waals surface area contributed by atoms with Gasteiger partial charge in [0, 0.05) is 18.2 Å². The van der Waals surface area contributed by atoms with E-state index in [1.54, 1.807) is 18.5 Å². The van der Waals surface area contributed by atoms with Crippen LogP contribution < -0.4 is 5.32 Å². The minimum absolute atomic E-state index is 0.252. The summed E-state index contributed by atoms with van der Waals surface area (Å²) >= 11 is 0. The predicted octanol–water partition coefficient (Wildman–Crippen LogP) is 1.36. The molecule has 7 heteroatoms. The van der Waals surface area contributed by atoms with Gasteiger partial charge in [-0.15, -0.1) is 0 Å². The van der Waals surface area contributed by atoms with Gasteiger partial charge in [-0.3, -0.25) is 4.79 Å². The van der Waals surface area contributed by atoms with Gasteiger partial charge in [0.05, 0.1) is 18.9 Å². The van der Waals surface area contributed by atoms with Crippen molar-refractivity contribution in [2.24, 2.45) is 0 Å². The van der Waals surface area contributed by atoms with Crippen molar-refractivity contribution >= 4 is 5.91 Å². The molecule has 2 heterocycles. The fourth-order valence-electron chi connectivity index (χ4n) is 1.84.